The number of carbonyl (C=O) groups is 1. The van der Waals surface area contributed by atoms with Crippen molar-refractivity contribution in [1.29, 1.82) is 0 Å². The molecule has 13 heteroatoms. The molecular weight excluding hydrogens is 765 g/mol. The lowest BCUT2D eigenvalue weighted by molar-refractivity contribution is -0.119. The zero-order chi connectivity index (χ0) is 35.3. The SMILES string of the molecule is COc1nc(I)ccc1OCCCO[Si](C)(C)C(C)(C)C.O=C1CC[C@H](/C=C(\c2ccc(Cl)cc2)c2ccc(OCCCO)c(=O)[nH]2)N1. The van der Waals surface area contributed by atoms with Crippen LogP contribution < -0.4 is 25.1 Å². The summed E-state index contributed by atoms with van der Waals surface area (Å²) >= 11 is 8.14. The number of pyridine rings is 2. The van der Waals surface area contributed by atoms with Crippen LogP contribution in [0.15, 0.2) is 59.4 Å². The average molecular weight is 812 g/mol. The van der Waals surface area contributed by atoms with Gasteiger partial charge in [0.15, 0.2) is 19.8 Å². The number of methoxy groups -OCH3 is 1. The number of aromatic nitrogens is 2. The molecule has 10 nitrogen and oxygen atoms in total. The number of aliphatic hydroxyl groups is 1. The normalized spacial score (nSPS) is 15.0. The van der Waals surface area contributed by atoms with Gasteiger partial charge in [-0.1, -0.05) is 50.6 Å². The van der Waals surface area contributed by atoms with E-state index in [0.29, 0.717) is 48.2 Å². The molecule has 0 unspecified atom stereocenters. The highest BCUT2D eigenvalue weighted by atomic mass is 127. The molecule has 4 rings (SSSR count). The summed E-state index contributed by atoms with van der Waals surface area (Å²) < 4.78 is 23.3. The molecule has 1 fully saturated rings. The number of hydrogen-bond acceptors (Lipinski definition) is 8. The molecule has 0 spiro atoms. The molecule has 0 aliphatic carbocycles. The molecular formula is C35H47ClIN3O7Si. The van der Waals surface area contributed by atoms with Gasteiger partial charge < -0.3 is 34.0 Å². The Morgan fingerprint density at radius 2 is 1.69 bits per heavy atom. The van der Waals surface area contributed by atoms with Crippen molar-refractivity contribution in [2.45, 2.75) is 70.6 Å². The lowest BCUT2D eigenvalue weighted by Gasteiger charge is -2.36. The van der Waals surface area contributed by atoms with Gasteiger partial charge in [-0.05, 0) is 89.1 Å². The monoisotopic (exact) mass is 811 g/mol. The number of aliphatic hydroxyl groups excluding tert-OH is 1. The molecule has 0 bridgehead atoms. The molecule has 0 radical (unpaired) electrons. The number of halogens is 2. The molecule has 48 heavy (non-hydrogen) atoms. The Morgan fingerprint density at radius 1 is 1.02 bits per heavy atom. The third-order valence-corrected chi connectivity index (χ3v) is 13.5. The van der Waals surface area contributed by atoms with E-state index in [9.17, 15) is 9.59 Å². The predicted octanol–water partition coefficient (Wildman–Crippen LogP) is 6.99. The second-order valence-corrected chi connectivity index (χ2v) is 19.1. The standard InChI is InChI=1S/C20H21ClN2O4.C15H26INO3Si/c21-14-4-2-13(3-5-14)16(12-15-6-9-19(25)22-15)17-7-8-18(20(26)23-17)27-11-1-10-24;1-15(2,3)21(5,6)20-11-7-10-19-12-8-9-13(16)17-14(12)18-4/h2-5,7-8,12,15,24H,1,6,9-11H2,(H,22,25)(H,23,26);8-9H,7,10-11H2,1-6H3/b16-12+;/t15-;/m1./s1. The Morgan fingerprint density at radius 3 is 2.29 bits per heavy atom. The first-order valence-corrected chi connectivity index (χ1v) is 20.3. The number of nitrogens with zero attached hydrogens (tertiary/aromatic N) is 1. The van der Waals surface area contributed by atoms with Gasteiger partial charge in [0, 0.05) is 54.8 Å². The third-order valence-electron chi connectivity index (χ3n) is 8.08. The summed E-state index contributed by atoms with van der Waals surface area (Å²) in [6, 6.07) is 14.4. The van der Waals surface area contributed by atoms with Crippen LogP contribution in [0.1, 0.15) is 57.7 Å². The smallest absolute Gasteiger partial charge is 0.290 e. The van der Waals surface area contributed by atoms with Crippen molar-refractivity contribution in [3.8, 4) is 17.4 Å². The van der Waals surface area contributed by atoms with Gasteiger partial charge >= 0.3 is 0 Å². The van der Waals surface area contributed by atoms with Gasteiger partial charge in [-0.3, -0.25) is 9.59 Å². The van der Waals surface area contributed by atoms with Crippen LogP contribution >= 0.6 is 34.2 Å². The summed E-state index contributed by atoms with van der Waals surface area (Å²) in [6.07, 6.45) is 4.47. The van der Waals surface area contributed by atoms with Crippen LogP contribution in [0, 0.1) is 3.70 Å². The maximum absolute atomic E-state index is 12.4. The van der Waals surface area contributed by atoms with Gasteiger partial charge in [-0.15, -0.1) is 0 Å². The summed E-state index contributed by atoms with van der Waals surface area (Å²) in [5.74, 6) is 1.45. The van der Waals surface area contributed by atoms with Crippen LogP contribution in [0.4, 0.5) is 0 Å². The number of carbonyl (C=O) groups excluding carboxylic acids is 1. The number of amides is 1. The third kappa shape index (κ3) is 12.2. The molecule has 3 N–H and O–H groups in total. The molecule has 1 atom stereocenters. The zero-order valence-corrected chi connectivity index (χ0v) is 32.4. The van der Waals surface area contributed by atoms with E-state index in [-0.39, 0.29) is 41.5 Å². The number of aromatic amines is 1. The molecule has 3 heterocycles. The van der Waals surface area contributed by atoms with Crippen molar-refractivity contribution in [3.63, 3.8) is 0 Å². The summed E-state index contributed by atoms with van der Waals surface area (Å²) in [5.41, 5.74) is 1.96. The van der Waals surface area contributed by atoms with Crippen LogP contribution in [0.3, 0.4) is 0 Å². The summed E-state index contributed by atoms with van der Waals surface area (Å²) in [6.45, 7) is 12.9. The highest BCUT2D eigenvalue weighted by molar-refractivity contribution is 14.1. The molecule has 2 aromatic heterocycles. The van der Waals surface area contributed by atoms with Gasteiger partial charge in [0.1, 0.15) is 3.70 Å². The van der Waals surface area contributed by atoms with Crippen LogP contribution in [0.5, 0.6) is 17.4 Å². The van der Waals surface area contributed by atoms with E-state index in [0.717, 1.165) is 27.9 Å². The lowest BCUT2D eigenvalue weighted by atomic mass is 9.99. The van der Waals surface area contributed by atoms with Gasteiger partial charge in [0.2, 0.25) is 5.91 Å². The highest BCUT2D eigenvalue weighted by Crippen LogP contribution is 2.36. The largest absolute Gasteiger partial charge is 0.488 e. The van der Waals surface area contributed by atoms with E-state index in [1.54, 1.807) is 31.4 Å². The van der Waals surface area contributed by atoms with Crippen molar-refractivity contribution in [2.75, 3.05) is 33.5 Å². The summed E-state index contributed by atoms with van der Waals surface area (Å²) in [5, 5.41) is 12.6. The molecule has 3 aromatic rings. The quantitative estimate of drug-likeness (QED) is 0.0688. The van der Waals surface area contributed by atoms with Crippen molar-refractivity contribution in [1.82, 2.24) is 15.3 Å². The van der Waals surface area contributed by atoms with E-state index in [2.05, 4.69) is 71.7 Å². The van der Waals surface area contributed by atoms with Crippen molar-refractivity contribution in [3.05, 3.63) is 84.9 Å². The fourth-order valence-corrected chi connectivity index (χ4v) is 5.97. The first-order valence-electron chi connectivity index (χ1n) is 16.0. The minimum absolute atomic E-state index is 0.00650. The van der Waals surface area contributed by atoms with Crippen molar-refractivity contribution >= 4 is 54.0 Å². The number of benzene rings is 1. The van der Waals surface area contributed by atoms with Crippen LogP contribution in [-0.2, 0) is 9.22 Å². The van der Waals surface area contributed by atoms with Crippen molar-refractivity contribution < 1.29 is 28.5 Å². The number of rotatable bonds is 14. The number of H-pyrrole nitrogens is 1. The molecule has 1 aliphatic rings. The molecule has 262 valence electrons. The fourth-order valence-electron chi connectivity index (χ4n) is 4.36. The zero-order valence-electron chi connectivity index (χ0n) is 28.5. The Kier molecular flexibility index (Phi) is 15.4. The molecule has 1 amide bonds. The van der Waals surface area contributed by atoms with Gasteiger partial charge in [-0.2, -0.15) is 0 Å². The second kappa shape index (κ2) is 18.7. The van der Waals surface area contributed by atoms with Crippen molar-refractivity contribution in [2.24, 2.45) is 0 Å². The van der Waals surface area contributed by atoms with Gasteiger partial charge in [0.05, 0.1) is 20.3 Å². The molecule has 1 aromatic carbocycles. The fraction of sp³-hybridized carbons (Fsp3) is 0.457. The molecule has 1 aliphatic heterocycles. The number of hydrogen-bond donors (Lipinski definition) is 3. The second-order valence-electron chi connectivity index (χ2n) is 12.7. The van der Waals surface area contributed by atoms with Crippen LogP contribution in [-0.4, -0.2) is 68.9 Å². The minimum Gasteiger partial charge on any atom is -0.488 e. The Hall–Kier alpha value is -2.91. The van der Waals surface area contributed by atoms with E-state index >= 15 is 0 Å². The summed E-state index contributed by atoms with van der Waals surface area (Å²) in [7, 11) is -0.0500. The molecule has 1 saturated heterocycles. The summed E-state index contributed by atoms with van der Waals surface area (Å²) in [4.78, 5) is 31.0. The topological polar surface area (TPSA) is 132 Å². The van der Waals surface area contributed by atoms with E-state index in [1.807, 2.05) is 30.3 Å². The maximum atomic E-state index is 12.4. The first-order chi connectivity index (χ1) is 22.7. The Bertz CT molecular complexity index is 1580. The van der Waals surface area contributed by atoms with Gasteiger partial charge in [-0.25, -0.2) is 4.98 Å². The molecule has 0 saturated carbocycles. The lowest BCUT2D eigenvalue weighted by Crippen LogP contribution is -2.41. The first kappa shape index (κ1) is 39.5. The predicted molar refractivity (Wildman–Crippen MR) is 201 cm³/mol. The van der Waals surface area contributed by atoms with Gasteiger partial charge in [0.25, 0.3) is 11.4 Å². The maximum Gasteiger partial charge on any atom is 0.290 e. The average Bonchev–Trinajstić information content (AvgIpc) is 3.45. The van der Waals surface area contributed by atoms with E-state index in [4.69, 9.17) is 35.3 Å². The number of nitrogens with one attached hydrogen (secondary N) is 2. The number of ether oxygens (including phenoxy) is 3. The van der Waals surface area contributed by atoms with Crippen LogP contribution in [0.2, 0.25) is 23.2 Å². The Balaban J connectivity index is 0.000000270. The minimum atomic E-state index is -1.65. The highest BCUT2D eigenvalue weighted by Gasteiger charge is 2.36. The van der Waals surface area contributed by atoms with Crippen LogP contribution in [0.25, 0.3) is 5.57 Å². The van der Waals surface area contributed by atoms with E-state index < -0.39 is 8.32 Å². The Labute approximate surface area is 302 Å². The van der Waals surface area contributed by atoms with E-state index in [1.165, 1.54) is 0 Å².